The second-order valence-electron chi connectivity index (χ2n) is 5.20. The summed E-state index contributed by atoms with van der Waals surface area (Å²) in [6.45, 7) is 2.53. The fourth-order valence-corrected chi connectivity index (χ4v) is 3.83. The Balaban J connectivity index is 1.68. The van der Waals surface area contributed by atoms with E-state index < -0.39 is 10.0 Å². The van der Waals surface area contributed by atoms with Gasteiger partial charge in [-0.05, 0) is 37.1 Å². The standard InChI is InChI=1S/C14H19NO4S/c16-20(17,15-8-2-1-3-9-15)14-6-4-12(5-7-14)18-10-13-11-19-13/h4-7,13H,1-3,8-11H2. The second kappa shape index (κ2) is 5.71. The number of ether oxygens (including phenoxy) is 2. The van der Waals surface area contributed by atoms with Crippen LogP contribution in [0.1, 0.15) is 19.3 Å². The van der Waals surface area contributed by atoms with Crippen LogP contribution < -0.4 is 4.74 Å². The van der Waals surface area contributed by atoms with Crippen LogP contribution >= 0.6 is 0 Å². The first-order chi connectivity index (χ1) is 9.66. The van der Waals surface area contributed by atoms with Gasteiger partial charge in [0.25, 0.3) is 0 Å². The number of rotatable bonds is 5. The molecule has 0 aromatic heterocycles. The zero-order valence-corrected chi connectivity index (χ0v) is 12.1. The van der Waals surface area contributed by atoms with E-state index >= 15 is 0 Å². The molecular weight excluding hydrogens is 278 g/mol. The Labute approximate surface area is 119 Å². The molecule has 20 heavy (non-hydrogen) atoms. The van der Waals surface area contributed by atoms with Crippen molar-refractivity contribution in [2.24, 2.45) is 0 Å². The monoisotopic (exact) mass is 297 g/mol. The molecule has 0 bridgehead atoms. The summed E-state index contributed by atoms with van der Waals surface area (Å²) in [7, 11) is -3.34. The molecule has 2 aliphatic heterocycles. The molecule has 2 aliphatic rings. The maximum atomic E-state index is 12.4. The first kappa shape index (κ1) is 13.9. The minimum Gasteiger partial charge on any atom is -0.491 e. The number of piperidine rings is 1. The highest BCUT2D eigenvalue weighted by molar-refractivity contribution is 7.89. The maximum absolute atomic E-state index is 12.4. The molecule has 1 aromatic rings. The van der Waals surface area contributed by atoms with Gasteiger partial charge >= 0.3 is 0 Å². The number of hydrogen-bond donors (Lipinski definition) is 0. The zero-order chi connectivity index (χ0) is 14.0. The van der Waals surface area contributed by atoms with Crippen LogP contribution in [0.15, 0.2) is 29.2 Å². The molecule has 5 nitrogen and oxygen atoms in total. The largest absolute Gasteiger partial charge is 0.491 e. The molecule has 2 fully saturated rings. The average molecular weight is 297 g/mol. The summed E-state index contributed by atoms with van der Waals surface area (Å²) >= 11 is 0. The lowest BCUT2D eigenvalue weighted by Crippen LogP contribution is -2.35. The minimum atomic E-state index is -3.34. The predicted molar refractivity (Wildman–Crippen MR) is 74.3 cm³/mol. The van der Waals surface area contributed by atoms with Crippen molar-refractivity contribution in [1.82, 2.24) is 4.31 Å². The van der Waals surface area contributed by atoms with Gasteiger partial charge in [-0.1, -0.05) is 6.42 Å². The van der Waals surface area contributed by atoms with E-state index in [9.17, 15) is 8.42 Å². The third kappa shape index (κ3) is 3.13. The molecular formula is C14H19NO4S. The Morgan fingerprint density at radius 2 is 1.80 bits per heavy atom. The van der Waals surface area contributed by atoms with Gasteiger partial charge in [0.15, 0.2) is 0 Å². The zero-order valence-electron chi connectivity index (χ0n) is 11.3. The summed E-state index contributed by atoms with van der Waals surface area (Å²) in [6.07, 6.45) is 3.21. The van der Waals surface area contributed by atoms with Crippen molar-refractivity contribution in [1.29, 1.82) is 0 Å². The predicted octanol–water partition coefficient (Wildman–Crippen LogP) is 1.64. The Kier molecular flexibility index (Phi) is 3.96. The maximum Gasteiger partial charge on any atom is 0.243 e. The van der Waals surface area contributed by atoms with Gasteiger partial charge in [-0.25, -0.2) is 8.42 Å². The highest BCUT2D eigenvalue weighted by Gasteiger charge is 2.26. The van der Waals surface area contributed by atoms with Crippen LogP contribution in [0.5, 0.6) is 5.75 Å². The van der Waals surface area contributed by atoms with E-state index in [1.165, 1.54) is 0 Å². The van der Waals surface area contributed by atoms with Gasteiger partial charge in [-0.15, -0.1) is 0 Å². The number of sulfonamides is 1. The normalized spacial score (nSPS) is 23.5. The SMILES string of the molecule is O=S(=O)(c1ccc(OCC2CO2)cc1)N1CCCCC1. The first-order valence-electron chi connectivity index (χ1n) is 7.01. The summed E-state index contributed by atoms with van der Waals surface area (Å²) in [6, 6.07) is 6.65. The summed E-state index contributed by atoms with van der Waals surface area (Å²) in [5.41, 5.74) is 0. The van der Waals surface area contributed by atoms with E-state index in [2.05, 4.69) is 0 Å². The Morgan fingerprint density at radius 3 is 2.40 bits per heavy atom. The average Bonchev–Trinajstić information content (AvgIpc) is 3.31. The van der Waals surface area contributed by atoms with Crippen LogP contribution in [0.4, 0.5) is 0 Å². The molecule has 3 rings (SSSR count). The fraction of sp³-hybridized carbons (Fsp3) is 0.571. The number of nitrogens with zero attached hydrogens (tertiary/aromatic N) is 1. The molecule has 6 heteroatoms. The summed E-state index contributed by atoms with van der Waals surface area (Å²) < 4.78 is 37.0. The lowest BCUT2D eigenvalue weighted by atomic mass is 10.2. The molecule has 1 aromatic carbocycles. The molecule has 0 radical (unpaired) electrons. The van der Waals surface area contributed by atoms with Crippen molar-refractivity contribution in [3.63, 3.8) is 0 Å². The highest BCUT2D eigenvalue weighted by Crippen LogP contribution is 2.23. The third-order valence-electron chi connectivity index (χ3n) is 3.61. The molecule has 0 spiro atoms. The van der Waals surface area contributed by atoms with Crippen molar-refractivity contribution in [3.8, 4) is 5.75 Å². The molecule has 0 N–H and O–H groups in total. The summed E-state index contributed by atoms with van der Waals surface area (Å²) in [4.78, 5) is 0.342. The lowest BCUT2D eigenvalue weighted by Gasteiger charge is -2.25. The van der Waals surface area contributed by atoms with Gasteiger partial charge in [0.2, 0.25) is 10.0 Å². The van der Waals surface area contributed by atoms with Crippen molar-refractivity contribution >= 4 is 10.0 Å². The quantitative estimate of drug-likeness (QED) is 0.775. The van der Waals surface area contributed by atoms with E-state index in [1.807, 2.05) is 0 Å². The van der Waals surface area contributed by atoms with Gasteiger partial charge in [0.1, 0.15) is 18.5 Å². The van der Waals surface area contributed by atoms with Crippen LogP contribution in [0.3, 0.4) is 0 Å². The van der Waals surface area contributed by atoms with Crippen LogP contribution in [0.2, 0.25) is 0 Å². The van der Waals surface area contributed by atoms with E-state index in [0.29, 0.717) is 30.3 Å². The molecule has 0 amide bonds. The van der Waals surface area contributed by atoms with E-state index in [4.69, 9.17) is 9.47 Å². The second-order valence-corrected chi connectivity index (χ2v) is 7.14. The van der Waals surface area contributed by atoms with Gasteiger partial charge in [0.05, 0.1) is 11.5 Å². The third-order valence-corrected chi connectivity index (χ3v) is 5.53. The van der Waals surface area contributed by atoms with Crippen molar-refractivity contribution in [2.75, 3.05) is 26.3 Å². The number of epoxide rings is 1. The number of benzene rings is 1. The fourth-order valence-electron chi connectivity index (χ4n) is 2.32. The van der Waals surface area contributed by atoms with Gasteiger partial charge < -0.3 is 9.47 Å². The summed E-state index contributed by atoms with van der Waals surface area (Å²) in [5, 5.41) is 0. The Hall–Kier alpha value is -1.11. The van der Waals surface area contributed by atoms with Gasteiger partial charge in [-0.3, -0.25) is 0 Å². The Morgan fingerprint density at radius 1 is 1.15 bits per heavy atom. The Bertz CT molecular complexity index is 545. The molecule has 110 valence electrons. The van der Waals surface area contributed by atoms with Crippen molar-refractivity contribution < 1.29 is 17.9 Å². The van der Waals surface area contributed by atoms with Gasteiger partial charge in [0, 0.05) is 13.1 Å². The highest BCUT2D eigenvalue weighted by atomic mass is 32.2. The van der Waals surface area contributed by atoms with Crippen molar-refractivity contribution in [3.05, 3.63) is 24.3 Å². The molecule has 0 aliphatic carbocycles. The molecule has 2 saturated heterocycles. The first-order valence-corrected chi connectivity index (χ1v) is 8.45. The molecule has 2 heterocycles. The minimum absolute atomic E-state index is 0.201. The number of hydrogen-bond acceptors (Lipinski definition) is 4. The van der Waals surface area contributed by atoms with E-state index in [1.54, 1.807) is 28.6 Å². The molecule has 0 saturated carbocycles. The van der Waals surface area contributed by atoms with Crippen LogP contribution in [0, 0.1) is 0 Å². The topological polar surface area (TPSA) is 59.1 Å². The lowest BCUT2D eigenvalue weighted by molar-refractivity contribution is 0.263. The van der Waals surface area contributed by atoms with Gasteiger partial charge in [-0.2, -0.15) is 4.31 Å². The van der Waals surface area contributed by atoms with Crippen LogP contribution in [-0.2, 0) is 14.8 Å². The van der Waals surface area contributed by atoms with Crippen molar-refractivity contribution in [2.45, 2.75) is 30.3 Å². The molecule has 1 unspecified atom stereocenters. The summed E-state index contributed by atoms with van der Waals surface area (Å²) in [5.74, 6) is 0.679. The van der Waals surface area contributed by atoms with Crippen LogP contribution in [0.25, 0.3) is 0 Å². The molecule has 1 atom stereocenters. The van der Waals surface area contributed by atoms with E-state index in [-0.39, 0.29) is 6.10 Å². The van der Waals surface area contributed by atoms with Crippen LogP contribution in [-0.4, -0.2) is 45.1 Å². The van der Waals surface area contributed by atoms with E-state index in [0.717, 1.165) is 25.9 Å². The smallest absolute Gasteiger partial charge is 0.243 e.